The number of fused-ring (bicyclic) bond motifs is 1. The zero-order valence-electron chi connectivity index (χ0n) is 14.7. The van der Waals surface area contributed by atoms with Crippen molar-refractivity contribution in [3.63, 3.8) is 0 Å². The van der Waals surface area contributed by atoms with Gasteiger partial charge in [-0.1, -0.05) is 37.1 Å². The van der Waals surface area contributed by atoms with E-state index < -0.39 is 12.1 Å². The summed E-state index contributed by atoms with van der Waals surface area (Å²) in [6.45, 7) is 3.75. The molecule has 2 aromatic rings. The van der Waals surface area contributed by atoms with Crippen LogP contribution in [0.25, 0.3) is 11.0 Å². The van der Waals surface area contributed by atoms with Crippen LogP contribution in [-0.4, -0.2) is 29.2 Å². The molecule has 1 aromatic heterocycles. The lowest BCUT2D eigenvalue weighted by atomic mass is 9.86. The molecule has 1 fully saturated rings. The van der Waals surface area contributed by atoms with Crippen LogP contribution in [0.5, 0.6) is 0 Å². The third-order valence-electron chi connectivity index (χ3n) is 4.88. The van der Waals surface area contributed by atoms with E-state index in [9.17, 15) is 9.59 Å². The zero-order chi connectivity index (χ0) is 17.8. The minimum atomic E-state index is -0.820. The molecule has 0 saturated heterocycles. The van der Waals surface area contributed by atoms with E-state index in [2.05, 4.69) is 17.4 Å². The Balaban J connectivity index is 1.54. The van der Waals surface area contributed by atoms with Crippen LogP contribution in [0.3, 0.4) is 0 Å². The number of amides is 1. The van der Waals surface area contributed by atoms with Gasteiger partial charge in [-0.05, 0) is 37.8 Å². The molecule has 1 amide bonds. The van der Waals surface area contributed by atoms with Gasteiger partial charge in [0.05, 0.1) is 6.42 Å². The summed E-state index contributed by atoms with van der Waals surface area (Å²) in [5, 5.41) is 7.71. The normalized spacial score (nSPS) is 21.7. The first-order chi connectivity index (χ1) is 12.0. The lowest BCUT2D eigenvalue weighted by Gasteiger charge is -2.30. The number of aromatic nitrogens is 1. The Morgan fingerprint density at radius 3 is 2.88 bits per heavy atom. The zero-order valence-corrected chi connectivity index (χ0v) is 14.7. The molecule has 3 rings (SSSR count). The van der Waals surface area contributed by atoms with Gasteiger partial charge < -0.3 is 14.6 Å². The highest BCUT2D eigenvalue weighted by atomic mass is 16.5. The Labute approximate surface area is 146 Å². The van der Waals surface area contributed by atoms with Crippen LogP contribution in [0.1, 0.15) is 45.2 Å². The number of para-hydroxylation sites is 1. The van der Waals surface area contributed by atoms with Crippen molar-refractivity contribution in [2.45, 2.75) is 58.1 Å². The first kappa shape index (κ1) is 17.5. The minimum absolute atomic E-state index is 0.0194. The highest BCUT2D eigenvalue weighted by Gasteiger charge is 2.26. The lowest BCUT2D eigenvalue weighted by molar-refractivity contribution is -0.154. The standard InChI is InChI=1S/C19H24N2O4/c1-12-7-3-5-9-15(12)20-19(23)13(2)24-18(22)11-16-14-8-4-6-10-17(14)25-21-16/h4,6,8,10,12-13,15H,3,5,7,9,11H2,1-2H3,(H,20,23)/t12-,13-,15+/m1/s1. The Hall–Kier alpha value is -2.37. The molecule has 134 valence electrons. The predicted molar refractivity (Wildman–Crippen MR) is 92.8 cm³/mol. The second-order valence-electron chi connectivity index (χ2n) is 6.81. The van der Waals surface area contributed by atoms with Gasteiger partial charge in [-0.25, -0.2) is 0 Å². The number of carbonyl (C=O) groups excluding carboxylic acids is 2. The van der Waals surface area contributed by atoms with Crippen molar-refractivity contribution in [1.29, 1.82) is 0 Å². The van der Waals surface area contributed by atoms with E-state index in [1.54, 1.807) is 13.0 Å². The molecule has 6 heteroatoms. The summed E-state index contributed by atoms with van der Waals surface area (Å²) < 4.78 is 10.5. The second-order valence-corrected chi connectivity index (χ2v) is 6.81. The van der Waals surface area contributed by atoms with Crippen LogP contribution >= 0.6 is 0 Å². The number of rotatable bonds is 5. The van der Waals surface area contributed by atoms with Gasteiger partial charge in [0.15, 0.2) is 11.7 Å². The van der Waals surface area contributed by atoms with Gasteiger partial charge in [-0.3, -0.25) is 9.59 Å². The number of hydrogen-bond donors (Lipinski definition) is 1. The Morgan fingerprint density at radius 1 is 1.32 bits per heavy atom. The maximum atomic E-state index is 12.3. The van der Waals surface area contributed by atoms with E-state index >= 15 is 0 Å². The number of ether oxygens (including phenoxy) is 1. The van der Waals surface area contributed by atoms with Crippen molar-refractivity contribution in [2.75, 3.05) is 0 Å². The fourth-order valence-electron chi connectivity index (χ4n) is 3.33. The lowest BCUT2D eigenvalue weighted by Crippen LogP contribution is -2.46. The first-order valence-corrected chi connectivity index (χ1v) is 8.87. The molecule has 25 heavy (non-hydrogen) atoms. The summed E-state index contributed by atoms with van der Waals surface area (Å²) in [4.78, 5) is 24.4. The van der Waals surface area contributed by atoms with E-state index in [0.717, 1.165) is 24.6 Å². The molecule has 1 aliphatic rings. The highest BCUT2D eigenvalue weighted by molar-refractivity contribution is 5.86. The smallest absolute Gasteiger partial charge is 0.312 e. The minimum Gasteiger partial charge on any atom is -0.452 e. The van der Waals surface area contributed by atoms with Crippen molar-refractivity contribution < 1.29 is 18.8 Å². The van der Waals surface area contributed by atoms with Crippen molar-refractivity contribution >= 4 is 22.8 Å². The fourth-order valence-corrected chi connectivity index (χ4v) is 3.33. The Bertz CT molecular complexity index is 755. The molecule has 1 saturated carbocycles. The summed E-state index contributed by atoms with van der Waals surface area (Å²) in [6.07, 6.45) is 3.61. The summed E-state index contributed by atoms with van der Waals surface area (Å²) in [5.41, 5.74) is 1.15. The summed E-state index contributed by atoms with van der Waals surface area (Å²) >= 11 is 0. The molecular weight excluding hydrogens is 320 g/mol. The number of carbonyl (C=O) groups is 2. The summed E-state index contributed by atoms with van der Waals surface area (Å²) in [5.74, 6) is -0.266. The number of esters is 1. The molecule has 1 N–H and O–H groups in total. The van der Waals surface area contributed by atoms with Crippen LogP contribution in [0.15, 0.2) is 28.8 Å². The van der Waals surface area contributed by atoms with Gasteiger partial charge in [0.1, 0.15) is 5.69 Å². The number of hydrogen-bond acceptors (Lipinski definition) is 5. The SMILES string of the molecule is C[C@@H]1CCCC[C@@H]1NC(=O)[C@@H](C)OC(=O)Cc1noc2ccccc12. The van der Waals surface area contributed by atoms with E-state index in [-0.39, 0.29) is 18.4 Å². The highest BCUT2D eigenvalue weighted by Crippen LogP contribution is 2.24. The largest absolute Gasteiger partial charge is 0.452 e. The molecular formula is C19H24N2O4. The third-order valence-corrected chi connectivity index (χ3v) is 4.88. The van der Waals surface area contributed by atoms with Crippen LogP contribution in [0.2, 0.25) is 0 Å². The van der Waals surface area contributed by atoms with Crippen molar-refractivity contribution in [2.24, 2.45) is 5.92 Å². The van der Waals surface area contributed by atoms with Crippen molar-refractivity contribution in [1.82, 2.24) is 10.5 Å². The van der Waals surface area contributed by atoms with Gasteiger partial charge in [0.2, 0.25) is 0 Å². The van der Waals surface area contributed by atoms with Crippen LogP contribution in [0.4, 0.5) is 0 Å². The van der Waals surface area contributed by atoms with Gasteiger partial charge in [-0.15, -0.1) is 0 Å². The molecule has 0 aliphatic heterocycles. The molecule has 0 spiro atoms. The molecule has 0 radical (unpaired) electrons. The number of nitrogens with one attached hydrogen (secondary N) is 1. The summed E-state index contributed by atoms with van der Waals surface area (Å²) in [7, 11) is 0. The third kappa shape index (κ3) is 4.18. The van der Waals surface area contributed by atoms with Crippen LogP contribution < -0.4 is 5.32 Å². The Kier molecular flexibility index (Phi) is 5.36. The monoisotopic (exact) mass is 344 g/mol. The average Bonchev–Trinajstić information content (AvgIpc) is 3.00. The predicted octanol–water partition coefficient (Wildman–Crippen LogP) is 3.00. The van der Waals surface area contributed by atoms with Gasteiger partial charge in [-0.2, -0.15) is 0 Å². The van der Waals surface area contributed by atoms with E-state index in [0.29, 0.717) is 17.2 Å². The number of nitrogens with zero attached hydrogens (tertiary/aromatic N) is 1. The second kappa shape index (κ2) is 7.68. The maximum absolute atomic E-state index is 12.3. The molecule has 1 aliphatic carbocycles. The quantitative estimate of drug-likeness (QED) is 0.843. The maximum Gasteiger partial charge on any atom is 0.312 e. The number of benzene rings is 1. The first-order valence-electron chi connectivity index (χ1n) is 8.87. The molecule has 1 heterocycles. The Morgan fingerprint density at radius 2 is 2.08 bits per heavy atom. The molecule has 0 bridgehead atoms. The van der Waals surface area contributed by atoms with Gasteiger partial charge in [0.25, 0.3) is 5.91 Å². The van der Waals surface area contributed by atoms with E-state index in [1.165, 1.54) is 6.42 Å². The van der Waals surface area contributed by atoms with Gasteiger partial charge >= 0.3 is 5.97 Å². The topological polar surface area (TPSA) is 81.4 Å². The molecule has 3 atom stereocenters. The molecule has 1 aromatic carbocycles. The molecule has 0 unspecified atom stereocenters. The fraction of sp³-hybridized carbons (Fsp3) is 0.526. The van der Waals surface area contributed by atoms with E-state index in [4.69, 9.17) is 9.26 Å². The van der Waals surface area contributed by atoms with Gasteiger partial charge in [0, 0.05) is 11.4 Å². The van der Waals surface area contributed by atoms with E-state index in [1.807, 2.05) is 18.2 Å². The van der Waals surface area contributed by atoms with Crippen molar-refractivity contribution in [3.05, 3.63) is 30.0 Å². The average molecular weight is 344 g/mol. The van der Waals surface area contributed by atoms with Crippen LogP contribution in [0, 0.1) is 5.92 Å². The van der Waals surface area contributed by atoms with Crippen LogP contribution in [-0.2, 0) is 20.7 Å². The summed E-state index contributed by atoms with van der Waals surface area (Å²) in [6, 6.07) is 7.50. The molecule has 6 nitrogen and oxygen atoms in total. The van der Waals surface area contributed by atoms with Crippen molar-refractivity contribution in [3.8, 4) is 0 Å².